The minimum Gasteiger partial charge on any atom is -0.309 e. The molecule has 1 saturated carbocycles. The quantitative estimate of drug-likeness (QED) is 0.702. The molecule has 1 aliphatic carbocycles. The van der Waals surface area contributed by atoms with Gasteiger partial charge in [0.15, 0.2) is 0 Å². The first-order chi connectivity index (χ1) is 6.22. The first kappa shape index (κ1) is 11.3. The van der Waals surface area contributed by atoms with Gasteiger partial charge in [0.05, 0.1) is 0 Å². The molecule has 1 rings (SSSR count). The maximum Gasteiger partial charge on any atom is 0.0172 e. The Morgan fingerprint density at radius 2 is 1.85 bits per heavy atom. The molecule has 0 aromatic carbocycles. The summed E-state index contributed by atoms with van der Waals surface area (Å²) >= 11 is 1.76. The summed E-state index contributed by atoms with van der Waals surface area (Å²) in [5, 5.41) is 0. The van der Waals surface area contributed by atoms with E-state index in [4.69, 9.17) is 0 Å². The van der Waals surface area contributed by atoms with Gasteiger partial charge in [0.25, 0.3) is 0 Å². The first-order valence-corrected chi connectivity index (χ1v) is 6.38. The standard InChI is InChI=1S/C10H22N2S/c1-12(2)8-9-4-6-10(7-5-9)11-13-3/h9-11H,4-8H2,1-3H3. The van der Waals surface area contributed by atoms with Gasteiger partial charge in [0, 0.05) is 12.6 Å². The molecular formula is C10H22N2S. The van der Waals surface area contributed by atoms with Crippen molar-refractivity contribution < 1.29 is 0 Å². The lowest BCUT2D eigenvalue weighted by molar-refractivity contribution is 0.246. The molecule has 1 N–H and O–H groups in total. The molecule has 1 fully saturated rings. The van der Waals surface area contributed by atoms with Crippen LogP contribution < -0.4 is 4.72 Å². The molecule has 0 atom stereocenters. The van der Waals surface area contributed by atoms with Crippen LogP contribution in [0, 0.1) is 5.92 Å². The Hall–Kier alpha value is 0.270. The van der Waals surface area contributed by atoms with Crippen LogP contribution in [-0.2, 0) is 0 Å². The summed E-state index contributed by atoms with van der Waals surface area (Å²) in [5.74, 6) is 0.940. The molecule has 1 aliphatic rings. The highest BCUT2D eigenvalue weighted by Crippen LogP contribution is 2.25. The summed E-state index contributed by atoms with van der Waals surface area (Å²) < 4.78 is 3.46. The second-order valence-electron chi connectivity index (χ2n) is 4.30. The Morgan fingerprint density at radius 1 is 1.23 bits per heavy atom. The second kappa shape index (κ2) is 5.89. The van der Waals surface area contributed by atoms with E-state index >= 15 is 0 Å². The van der Waals surface area contributed by atoms with Crippen LogP contribution in [0.2, 0.25) is 0 Å². The molecule has 0 heterocycles. The molecule has 78 valence electrons. The van der Waals surface area contributed by atoms with Crippen molar-refractivity contribution in [2.75, 3.05) is 26.9 Å². The molecule has 2 nitrogen and oxygen atoms in total. The van der Waals surface area contributed by atoms with E-state index in [2.05, 4.69) is 30.0 Å². The largest absolute Gasteiger partial charge is 0.309 e. The summed E-state index contributed by atoms with van der Waals surface area (Å²) in [6.07, 6.45) is 7.64. The first-order valence-electron chi connectivity index (χ1n) is 5.15. The Balaban J connectivity index is 2.15. The van der Waals surface area contributed by atoms with Crippen LogP contribution in [-0.4, -0.2) is 37.8 Å². The van der Waals surface area contributed by atoms with E-state index in [0.29, 0.717) is 0 Å². The molecule has 0 saturated heterocycles. The number of nitrogens with one attached hydrogen (secondary N) is 1. The highest BCUT2D eigenvalue weighted by Gasteiger charge is 2.20. The predicted octanol–water partition coefficient (Wildman–Crippen LogP) is 1.97. The van der Waals surface area contributed by atoms with Crippen molar-refractivity contribution in [3.05, 3.63) is 0 Å². The second-order valence-corrected chi connectivity index (χ2v) is 4.95. The number of hydrogen-bond acceptors (Lipinski definition) is 3. The molecule has 0 spiro atoms. The molecule has 0 aromatic heterocycles. The lowest BCUT2D eigenvalue weighted by Gasteiger charge is -2.30. The minimum atomic E-state index is 0.772. The van der Waals surface area contributed by atoms with Gasteiger partial charge in [-0.25, -0.2) is 0 Å². The maximum atomic E-state index is 3.46. The lowest BCUT2D eigenvalue weighted by atomic mass is 9.86. The fourth-order valence-electron chi connectivity index (χ4n) is 2.15. The van der Waals surface area contributed by atoms with Crippen LogP contribution in [0.5, 0.6) is 0 Å². The molecular weight excluding hydrogens is 180 g/mol. The van der Waals surface area contributed by atoms with Crippen molar-refractivity contribution in [2.24, 2.45) is 5.92 Å². The maximum absolute atomic E-state index is 3.46. The van der Waals surface area contributed by atoms with Crippen LogP contribution in [0.4, 0.5) is 0 Å². The van der Waals surface area contributed by atoms with Gasteiger partial charge in [-0.1, -0.05) is 11.9 Å². The average Bonchev–Trinajstić information content (AvgIpc) is 2.08. The van der Waals surface area contributed by atoms with Gasteiger partial charge >= 0.3 is 0 Å². The molecule has 0 bridgehead atoms. The van der Waals surface area contributed by atoms with E-state index in [9.17, 15) is 0 Å². The number of nitrogens with zero attached hydrogens (tertiary/aromatic N) is 1. The third-order valence-electron chi connectivity index (χ3n) is 2.75. The third kappa shape index (κ3) is 4.34. The molecule has 13 heavy (non-hydrogen) atoms. The smallest absolute Gasteiger partial charge is 0.0172 e. The van der Waals surface area contributed by atoms with Crippen molar-refractivity contribution in [3.8, 4) is 0 Å². The van der Waals surface area contributed by atoms with Crippen LogP contribution in [0.3, 0.4) is 0 Å². The van der Waals surface area contributed by atoms with Gasteiger partial charge in [0.1, 0.15) is 0 Å². The molecule has 0 aliphatic heterocycles. The summed E-state index contributed by atoms with van der Waals surface area (Å²) in [7, 11) is 4.35. The van der Waals surface area contributed by atoms with Gasteiger partial charge in [-0.05, 0) is 52.0 Å². The highest BCUT2D eigenvalue weighted by atomic mass is 32.2. The highest BCUT2D eigenvalue weighted by molar-refractivity contribution is 7.96. The van der Waals surface area contributed by atoms with Gasteiger partial charge in [-0.3, -0.25) is 4.72 Å². The normalized spacial score (nSPS) is 29.5. The molecule has 0 aromatic rings. The average molecular weight is 202 g/mol. The molecule has 3 heteroatoms. The zero-order valence-corrected chi connectivity index (χ0v) is 9.86. The Labute approximate surface area is 86.6 Å². The van der Waals surface area contributed by atoms with Crippen molar-refractivity contribution in [2.45, 2.75) is 31.7 Å². The van der Waals surface area contributed by atoms with Gasteiger partial charge in [-0.2, -0.15) is 0 Å². The predicted molar refractivity (Wildman–Crippen MR) is 61.0 cm³/mol. The fourth-order valence-corrected chi connectivity index (χ4v) is 2.71. The van der Waals surface area contributed by atoms with Gasteiger partial charge < -0.3 is 4.90 Å². The lowest BCUT2D eigenvalue weighted by Crippen LogP contribution is -2.32. The Bertz CT molecular complexity index is 131. The van der Waals surface area contributed by atoms with Crippen molar-refractivity contribution in [3.63, 3.8) is 0 Å². The number of rotatable bonds is 4. The van der Waals surface area contributed by atoms with Crippen LogP contribution >= 0.6 is 11.9 Å². The van der Waals surface area contributed by atoms with Gasteiger partial charge in [0.2, 0.25) is 0 Å². The van der Waals surface area contributed by atoms with E-state index in [0.717, 1.165) is 12.0 Å². The zero-order chi connectivity index (χ0) is 9.68. The van der Waals surface area contributed by atoms with Crippen molar-refractivity contribution in [1.82, 2.24) is 9.62 Å². The van der Waals surface area contributed by atoms with E-state index in [1.807, 2.05) is 0 Å². The summed E-state index contributed by atoms with van der Waals surface area (Å²) in [6.45, 7) is 1.27. The SMILES string of the molecule is CSNC1CCC(CN(C)C)CC1. The summed E-state index contributed by atoms with van der Waals surface area (Å²) in [5.41, 5.74) is 0. The van der Waals surface area contributed by atoms with E-state index in [1.54, 1.807) is 11.9 Å². The van der Waals surface area contributed by atoms with Crippen molar-refractivity contribution >= 4 is 11.9 Å². The Morgan fingerprint density at radius 3 is 2.31 bits per heavy atom. The zero-order valence-electron chi connectivity index (χ0n) is 9.05. The van der Waals surface area contributed by atoms with Crippen molar-refractivity contribution in [1.29, 1.82) is 0 Å². The fraction of sp³-hybridized carbons (Fsp3) is 1.00. The third-order valence-corrected chi connectivity index (χ3v) is 3.32. The molecule has 0 radical (unpaired) electrons. The van der Waals surface area contributed by atoms with E-state index < -0.39 is 0 Å². The molecule has 0 unspecified atom stereocenters. The van der Waals surface area contributed by atoms with Crippen LogP contribution in [0.15, 0.2) is 0 Å². The van der Waals surface area contributed by atoms with Crippen LogP contribution in [0.1, 0.15) is 25.7 Å². The van der Waals surface area contributed by atoms with E-state index in [-0.39, 0.29) is 0 Å². The minimum absolute atomic E-state index is 0.772. The number of hydrogen-bond donors (Lipinski definition) is 1. The monoisotopic (exact) mass is 202 g/mol. The van der Waals surface area contributed by atoms with E-state index in [1.165, 1.54) is 32.2 Å². The van der Waals surface area contributed by atoms with Crippen LogP contribution in [0.25, 0.3) is 0 Å². The summed E-state index contributed by atoms with van der Waals surface area (Å²) in [6, 6.07) is 0.772. The Kier molecular flexibility index (Phi) is 5.14. The summed E-state index contributed by atoms with van der Waals surface area (Å²) in [4.78, 5) is 2.31. The van der Waals surface area contributed by atoms with Gasteiger partial charge in [-0.15, -0.1) is 0 Å². The topological polar surface area (TPSA) is 15.3 Å². The molecule has 0 amide bonds.